The first-order valence-corrected chi connectivity index (χ1v) is 22.1. The van der Waals surface area contributed by atoms with Crippen molar-refractivity contribution in [2.75, 3.05) is 26.2 Å². The lowest BCUT2D eigenvalue weighted by Crippen LogP contribution is -2.29. The molecule has 0 aliphatic carbocycles. The second-order valence-corrected chi connectivity index (χ2v) is 14.9. The summed E-state index contributed by atoms with van der Waals surface area (Å²) in [6, 6.07) is 0. The van der Waals surface area contributed by atoms with Crippen LogP contribution in [0.5, 0.6) is 0 Å². The maximum Gasteiger partial charge on any atom is 0.306 e. The summed E-state index contributed by atoms with van der Waals surface area (Å²) >= 11 is 0. The minimum absolute atomic E-state index is 0.0127. The van der Waals surface area contributed by atoms with Crippen LogP contribution in [0.3, 0.4) is 0 Å². The minimum atomic E-state index is 0.0127. The Balaban J connectivity index is 0. The van der Waals surface area contributed by atoms with Gasteiger partial charge in [0, 0.05) is 13.0 Å². The fourth-order valence-corrected chi connectivity index (χ4v) is 6.67. The van der Waals surface area contributed by atoms with Crippen molar-refractivity contribution in [3.63, 3.8) is 0 Å². The summed E-state index contributed by atoms with van der Waals surface area (Å²) in [5, 5.41) is 9.33. The predicted molar refractivity (Wildman–Crippen MR) is 216 cm³/mol. The van der Waals surface area contributed by atoms with Crippen LogP contribution in [0, 0.1) is 0 Å². The highest BCUT2D eigenvalue weighted by Gasteiger charge is 2.14. The van der Waals surface area contributed by atoms with Crippen LogP contribution in [0.2, 0.25) is 0 Å². The molecule has 1 N–H and O–H groups in total. The van der Waals surface area contributed by atoms with Crippen molar-refractivity contribution in [2.45, 2.75) is 246 Å². The molecule has 0 heterocycles. The molecule has 0 aromatic carbocycles. The summed E-state index contributed by atoms with van der Waals surface area (Å²) < 4.78 is 11.0. The van der Waals surface area contributed by atoms with Crippen LogP contribution in [-0.4, -0.2) is 60.9 Å². The largest absolute Gasteiger partial charge is 0.465 e. The first kappa shape index (κ1) is 51.0. The Kier molecular flexibility index (Phi) is 44.9. The number of unbranched alkanes of at least 4 members (excludes halogenated alkanes) is 20. The summed E-state index contributed by atoms with van der Waals surface area (Å²) in [7, 11) is 0. The fourth-order valence-electron chi connectivity index (χ4n) is 6.67. The number of hydrogen-bond donors (Lipinski definition) is 1. The average molecular weight is 712 g/mol. The van der Waals surface area contributed by atoms with E-state index < -0.39 is 0 Å². The number of carbonyl (C=O) groups excluding carboxylic acids is 2. The number of carbonyl (C=O) groups is 2. The molecule has 0 radical (unpaired) electrons. The molecule has 0 fully saturated rings. The average Bonchev–Trinajstić information content (AvgIpc) is 3.11. The van der Waals surface area contributed by atoms with E-state index in [4.69, 9.17) is 9.47 Å². The molecule has 0 aliphatic heterocycles. The molecule has 0 aromatic heterocycles. The van der Waals surface area contributed by atoms with Gasteiger partial charge in [0.1, 0.15) is 12.2 Å². The Morgan fingerprint density at radius 3 is 1.32 bits per heavy atom. The molecule has 6 heteroatoms. The molecular weight excluding hydrogens is 622 g/mol. The lowest BCUT2D eigenvalue weighted by atomic mass is 10.0. The van der Waals surface area contributed by atoms with Gasteiger partial charge in [-0.2, -0.15) is 0 Å². The van der Waals surface area contributed by atoms with Gasteiger partial charge in [-0.25, -0.2) is 0 Å². The lowest BCUT2D eigenvalue weighted by molar-refractivity contribution is -0.150. The second kappa shape index (κ2) is 44.0. The van der Waals surface area contributed by atoms with Crippen molar-refractivity contribution in [3.05, 3.63) is 0 Å². The van der Waals surface area contributed by atoms with Crippen molar-refractivity contribution in [3.8, 4) is 0 Å². The summed E-state index contributed by atoms with van der Waals surface area (Å²) in [5.74, 6) is 0.0127. The zero-order chi connectivity index (χ0) is 37.2. The zero-order valence-corrected chi connectivity index (χ0v) is 34.5. The Hall–Kier alpha value is -1.14. The van der Waals surface area contributed by atoms with Crippen molar-refractivity contribution < 1.29 is 24.2 Å². The first-order valence-electron chi connectivity index (χ1n) is 22.1. The maximum atomic E-state index is 12.5. The Labute approximate surface area is 313 Å². The number of ether oxygens (including phenoxy) is 2. The number of esters is 1. The SMILES string of the molecule is CCCCCCCCC(CCC)OC=O.CCCCCCCCC(CCCCCCCC)OC(=O)CCCCCN(CCO)CCCCCC. The van der Waals surface area contributed by atoms with Gasteiger partial charge >= 0.3 is 5.97 Å². The number of aliphatic hydroxyl groups is 1. The first-order chi connectivity index (χ1) is 24.5. The van der Waals surface area contributed by atoms with E-state index in [0.717, 1.165) is 71.0 Å². The molecule has 0 amide bonds. The molecule has 0 saturated heterocycles. The molecule has 0 spiro atoms. The van der Waals surface area contributed by atoms with E-state index in [1.807, 2.05) is 0 Å². The molecule has 300 valence electrons. The van der Waals surface area contributed by atoms with Gasteiger partial charge in [0.15, 0.2) is 0 Å². The second-order valence-electron chi connectivity index (χ2n) is 14.9. The highest BCUT2D eigenvalue weighted by atomic mass is 16.5. The summed E-state index contributed by atoms with van der Waals surface area (Å²) in [6.45, 7) is 14.8. The predicted octanol–water partition coefficient (Wildman–Crippen LogP) is 12.9. The topological polar surface area (TPSA) is 76.1 Å². The Morgan fingerprint density at radius 2 is 0.900 bits per heavy atom. The van der Waals surface area contributed by atoms with Crippen molar-refractivity contribution >= 4 is 12.4 Å². The van der Waals surface area contributed by atoms with E-state index in [1.54, 1.807) is 0 Å². The van der Waals surface area contributed by atoms with Gasteiger partial charge in [0.05, 0.1) is 6.61 Å². The van der Waals surface area contributed by atoms with E-state index in [2.05, 4.69) is 39.5 Å². The van der Waals surface area contributed by atoms with E-state index in [0.29, 0.717) is 12.9 Å². The fraction of sp³-hybridized carbons (Fsp3) is 0.955. The van der Waals surface area contributed by atoms with Crippen molar-refractivity contribution in [2.24, 2.45) is 0 Å². The normalized spacial score (nSPS) is 11.8. The highest BCUT2D eigenvalue weighted by molar-refractivity contribution is 5.69. The quantitative estimate of drug-likeness (QED) is 0.0389. The third-order valence-electron chi connectivity index (χ3n) is 9.90. The molecular formula is C44H89NO5. The standard InChI is InChI=1S/C31H63NO3.C13H26O2/c1-4-7-10-13-15-18-23-30(24-19-16-14-11-8-5-2)35-31(34)25-20-17-22-27-32(28-29-33)26-21-12-9-6-3;1-3-5-6-7-8-9-11-13(10-4-2)15-12-14/h30,33H,4-29H2,1-3H3;12-13H,3-11H2,1-2H3. The van der Waals surface area contributed by atoms with E-state index in [1.165, 1.54) is 141 Å². The van der Waals surface area contributed by atoms with Gasteiger partial charge < -0.3 is 19.5 Å². The number of hydrogen-bond acceptors (Lipinski definition) is 6. The van der Waals surface area contributed by atoms with Crippen molar-refractivity contribution in [1.82, 2.24) is 4.90 Å². The molecule has 0 aliphatic rings. The molecule has 0 bridgehead atoms. The summed E-state index contributed by atoms with van der Waals surface area (Å²) in [5.41, 5.74) is 0. The van der Waals surface area contributed by atoms with Crippen molar-refractivity contribution in [1.29, 1.82) is 0 Å². The minimum Gasteiger partial charge on any atom is -0.465 e. The van der Waals surface area contributed by atoms with Gasteiger partial charge in [0.25, 0.3) is 6.47 Å². The van der Waals surface area contributed by atoms with Crippen LogP contribution >= 0.6 is 0 Å². The number of rotatable bonds is 39. The third kappa shape index (κ3) is 39.6. The smallest absolute Gasteiger partial charge is 0.306 e. The van der Waals surface area contributed by atoms with Crippen LogP contribution in [0.1, 0.15) is 234 Å². The Bertz CT molecular complexity index is 644. The van der Waals surface area contributed by atoms with E-state index in [-0.39, 0.29) is 24.8 Å². The molecule has 1 unspecified atom stereocenters. The van der Waals surface area contributed by atoms with Gasteiger partial charge in [-0.3, -0.25) is 9.59 Å². The van der Waals surface area contributed by atoms with Crippen LogP contribution < -0.4 is 0 Å². The van der Waals surface area contributed by atoms with E-state index in [9.17, 15) is 14.7 Å². The van der Waals surface area contributed by atoms with E-state index >= 15 is 0 Å². The van der Waals surface area contributed by atoms with Gasteiger partial charge in [0.2, 0.25) is 0 Å². The summed E-state index contributed by atoms with van der Waals surface area (Å²) in [4.78, 5) is 25.2. The highest BCUT2D eigenvalue weighted by Crippen LogP contribution is 2.18. The molecule has 0 aromatic rings. The van der Waals surface area contributed by atoms with Gasteiger partial charge in [-0.1, -0.05) is 163 Å². The molecule has 1 atom stereocenters. The number of aliphatic hydroxyl groups excluding tert-OH is 1. The zero-order valence-electron chi connectivity index (χ0n) is 34.5. The molecule has 0 saturated carbocycles. The summed E-state index contributed by atoms with van der Waals surface area (Å²) in [6.07, 6.45) is 37.5. The van der Waals surface area contributed by atoms with Gasteiger partial charge in [-0.05, 0) is 77.3 Å². The monoisotopic (exact) mass is 712 g/mol. The van der Waals surface area contributed by atoms with Crippen LogP contribution in [-0.2, 0) is 19.1 Å². The Morgan fingerprint density at radius 1 is 0.500 bits per heavy atom. The lowest BCUT2D eigenvalue weighted by Gasteiger charge is -2.21. The molecule has 6 nitrogen and oxygen atoms in total. The van der Waals surface area contributed by atoms with Crippen LogP contribution in [0.25, 0.3) is 0 Å². The molecule has 50 heavy (non-hydrogen) atoms. The molecule has 0 rings (SSSR count). The number of nitrogens with zero attached hydrogens (tertiary/aromatic N) is 1. The van der Waals surface area contributed by atoms with Gasteiger partial charge in [-0.15, -0.1) is 0 Å². The third-order valence-corrected chi connectivity index (χ3v) is 9.90. The van der Waals surface area contributed by atoms with Crippen LogP contribution in [0.4, 0.5) is 0 Å². The maximum absolute atomic E-state index is 12.5. The van der Waals surface area contributed by atoms with Crippen LogP contribution in [0.15, 0.2) is 0 Å².